The molecule has 2 N–H and O–H groups in total. The Labute approximate surface area is 151 Å². The quantitative estimate of drug-likeness (QED) is 0.485. The summed E-state index contributed by atoms with van der Waals surface area (Å²) in [6.07, 6.45) is 2.24. The van der Waals surface area contributed by atoms with Crippen LogP contribution in [0, 0.1) is 0 Å². The molecule has 0 unspecified atom stereocenters. The van der Waals surface area contributed by atoms with Crippen LogP contribution in [0.5, 0.6) is 0 Å². The molecule has 10 heteroatoms. The lowest BCUT2D eigenvalue weighted by atomic mass is 10.2. The van der Waals surface area contributed by atoms with Gasteiger partial charge in [-0.15, -0.1) is 0 Å². The maximum Gasteiger partial charge on any atom is 0.310 e. The van der Waals surface area contributed by atoms with Gasteiger partial charge in [0.1, 0.15) is 0 Å². The van der Waals surface area contributed by atoms with Gasteiger partial charge in [-0.3, -0.25) is 14.7 Å². The van der Waals surface area contributed by atoms with E-state index < -0.39 is 5.97 Å². The number of carbonyl (C=O) groups is 1. The zero-order valence-electron chi connectivity index (χ0n) is 15.2. The number of hydrogen-bond acceptors (Lipinski definition) is 8. The first kappa shape index (κ1) is 18.3. The van der Waals surface area contributed by atoms with Crippen molar-refractivity contribution in [3.63, 3.8) is 0 Å². The van der Waals surface area contributed by atoms with E-state index in [1.165, 1.54) is 17.8 Å². The summed E-state index contributed by atoms with van der Waals surface area (Å²) in [5, 5.41) is 6.07. The van der Waals surface area contributed by atoms with Crippen LogP contribution in [0.1, 0.15) is 12.0 Å². The summed E-state index contributed by atoms with van der Waals surface area (Å²) < 4.78 is 5.83. The van der Waals surface area contributed by atoms with Crippen LogP contribution >= 0.6 is 0 Å². The van der Waals surface area contributed by atoms with Gasteiger partial charge in [0.25, 0.3) is 11.3 Å². The molecular weight excluding hydrogens is 338 g/mol. The van der Waals surface area contributed by atoms with Gasteiger partial charge in [-0.25, -0.2) is 4.98 Å². The summed E-state index contributed by atoms with van der Waals surface area (Å²) in [6, 6.07) is 0. The van der Waals surface area contributed by atoms with Crippen LogP contribution < -0.4 is 10.9 Å². The molecular formula is C16H25N7O3. The molecule has 0 aliphatic carbocycles. The number of H-pyrrole nitrogens is 1. The number of rotatable bonds is 7. The monoisotopic (exact) mass is 363 g/mol. The number of piperazine rings is 1. The first-order valence-electron chi connectivity index (χ1n) is 8.75. The van der Waals surface area contributed by atoms with Crippen molar-refractivity contribution >= 4 is 17.7 Å². The summed E-state index contributed by atoms with van der Waals surface area (Å²) in [5.41, 5.74) is -0.0852. The van der Waals surface area contributed by atoms with Crippen molar-refractivity contribution in [2.75, 3.05) is 58.7 Å². The van der Waals surface area contributed by atoms with E-state index in [4.69, 9.17) is 0 Å². The molecule has 0 saturated carbocycles. The third-order valence-corrected chi connectivity index (χ3v) is 4.55. The molecule has 1 saturated heterocycles. The van der Waals surface area contributed by atoms with E-state index in [1.807, 2.05) is 0 Å². The number of aromatic nitrogens is 4. The summed E-state index contributed by atoms with van der Waals surface area (Å²) in [5.74, 6) is 0.277. The molecule has 1 aliphatic heterocycles. The zero-order valence-corrected chi connectivity index (χ0v) is 15.2. The highest BCUT2D eigenvalue weighted by Gasteiger charge is 2.14. The number of fused-ring (bicyclic) bond motifs is 1. The summed E-state index contributed by atoms with van der Waals surface area (Å²) in [6.45, 7) is 6.20. The van der Waals surface area contributed by atoms with Crippen LogP contribution in [0.2, 0.25) is 0 Å². The molecule has 0 spiro atoms. The number of esters is 1. The molecule has 0 amide bonds. The molecule has 0 bridgehead atoms. The summed E-state index contributed by atoms with van der Waals surface area (Å²) in [7, 11) is 3.43. The van der Waals surface area contributed by atoms with Crippen molar-refractivity contribution in [3.8, 4) is 0 Å². The third kappa shape index (κ3) is 4.38. The van der Waals surface area contributed by atoms with Crippen molar-refractivity contribution in [1.29, 1.82) is 0 Å². The molecule has 2 aromatic heterocycles. The smallest absolute Gasteiger partial charge is 0.310 e. The van der Waals surface area contributed by atoms with Crippen LogP contribution in [-0.4, -0.2) is 88.8 Å². The molecule has 0 aromatic carbocycles. The topological polar surface area (TPSA) is 108 Å². The fraction of sp³-hybridized carbons (Fsp3) is 0.625. The Hall–Kier alpha value is -2.46. The first-order valence-corrected chi connectivity index (χ1v) is 8.75. The van der Waals surface area contributed by atoms with Gasteiger partial charge in [0.05, 0.1) is 13.5 Å². The number of hydrogen-bond donors (Lipinski definition) is 2. The average Bonchev–Trinajstić information content (AvgIpc) is 3.06. The van der Waals surface area contributed by atoms with E-state index in [1.54, 1.807) is 0 Å². The fourth-order valence-electron chi connectivity index (χ4n) is 2.90. The van der Waals surface area contributed by atoms with E-state index in [0.717, 1.165) is 45.7 Å². The van der Waals surface area contributed by atoms with E-state index in [-0.39, 0.29) is 23.3 Å². The number of methoxy groups -OCH3 is 1. The van der Waals surface area contributed by atoms with Crippen LogP contribution in [0.15, 0.2) is 11.0 Å². The van der Waals surface area contributed by atoms with Crippen molar-refractivity contribution in [1.82, 2.24) is 29.4 Å². The fourth-order valence-corrected chi connectivity index (χ4v) is 2.90. The molecule has 26 heavy (non-hydrogen) atoms. The van der Waals surface area contributed by atoms with E-state index in [9.17, 15) is 9.59 Å². The Kier molecular flexibility index (Phi) is 5.84. The van der Waals surface area contributed by atoms with Gasteiger partial charge < -0.3 is 19.9 Å². The normalized spacial score (nSPS) is 16.1. The molecule has 3 heterocycles. The Bertz CT molecular complexity index is 808. The van der Waals surface area contributed by atoms with Crippen molar-refractivity contribution in [2.45, 2.75) is 12.8 Å². The van der Waals surface area contributed by atoms with Crippen molar-refractivity contribution < 1.29 is 9.53 Å². The number of carbonyl (C=O) groups excluding carboxylic acids is 1. The SMILES string of the molecule is COC(=O)Cc1cnc2nc(NCCCN3CCN(C)CC3)[nH]n2c1=O. The largest absolute Gasteiger partial charge is 0.469 e. The minimum atomic E-state index is -0.481. The lowest BCUT2D eigenvalue weighted by Crippen LogP contribution is -2.44. The minimum Gasteiger partial charge on any atom is -0.469 e. The minimum absolute atomic E-state index is 0.113. The van der Waals surface area contributed by atoms with E-state index in [2.05, 4.69) is 42.0 Å². The predicted octanol–water partition coefficient (Wildman–Crippen LogP) is -0.817. The number of likely N-dealkylation sites (N-methyl/N-ethyl adjacent to an activating group) is 1. The molecule has 3 rings (SSSR count). The number of aromatic amines is 1. The number of nitrogens with one attached hydrogen (secondary N) is 2. The standard InChI is InChI=1S/C16H25N7O3/c1-21-6-8-22(9-7-21)5-3-4-17-15-19-16-18-11-12(10-13(24)26-2)14(25)23(16)20-15/h11H,3-10H2,1-2H3,(H2,17,18,19,20). The summed E-state index contributed by atoms with van der Waals surface area (Å²) in [4.78, 5) is 36.9. The van der Waals surface area contributed by atoms with Crippen molar-refractivity contribution in [3.05, 3.63) is 22.1 Å². The number of nitrogens with zero attached hydrogens (tertiary/aromatic N) is 5. The van der Waals surface area contributed by atoms with Gasteiger partial charge in [0.2, 0.25) is 5.95 Å². The van der Waals surface area contributed by atoms with E-state index in [0.29, 0.717) is 5.95 Å². The molecule has 2 aromatic rings. The van der Waals surface area contributed by atoms with Gasteiger partial charge >= 0.3 is 5.97 Å². The van der Waals surface area contributed by atoms with Gasteiger partial charge in [-0.2, -0.15) is 9.50 Å². The van der Waals surface area contributed by atoms with E-state index >= 15 is 0 Å². The van der Waals surface area contributed by atoms with Crippen LogP contribution in [-0.2, 0) is 16.0 Å². The molecule has 1 aliphatic rings. The first-order chi connectivity index (χ1) is 12.6. The Balaban J connectivity index is 1.55. The third-order valence-electron chi connectivity index (χ3n) is 4.55. The Morgan fingerprint density at radius 3 is 2.85 bits per heavy atom. The molecule has 10 nitrogen and oxygen atoms in total. The van der Waals surface area contributed by atoms with Crippen LogP contribution in [0.4, 0.5) is 5.95 Å². The van der Waals surface area contributed by atoms with Gasteiger partial charge in [0, 0.05) is 44.5 Å². The molecule has 1 fully saturated rings. The highest BCUT2D eigenvalue weighted by Crippen LogP contribution is 2.04. The van der Waals surface area contributed by atoms with Gasteiger partial charge in [-0.05, 0) is 20.0 Å². The number of anilines is 1. The maximum absolute atomic E-state index is 12.4. The number of ether oxygens (including phenoxy) is 1. The maximum atomic E-state index is 12.4. The highest BCUT2D eigenvalue weighted by molar-refractivity contribution is 5.72. The van der Waals surface area contributed by atoms with Crippen LogP contribution in [0.3, 0.4) is 0 Å². The second-order valence-electron chi connectivity index (χ2n) is 6.47. The lowest BCUT2D eigenvalue weighted by Gasteiger charge is -2.32. The average molecular weight is 363 g/mol. The second kappa shape index (κ2) is 8.28. The van der Waals surface area contributed by atoms with Crippen molar-refractivity contribution in [2.24, 2.45) is 0 Å². The zero-order chi connectivity index (χ0) is 18.5. The Morgan fingerprint density at radius 2 is 2.12 bits per heavy atom. The second-order valence-corrected chi connectivity index (χ2v) is 6.47. The Morgan fingerprint density at radius 1 is 1.35 bits per heavy atom. The molecule has 0 radical (unpaired) electrons. The van der Waals surface area contributed by atoms with Gasteiger partial charge in [-0.1, -0.05) is 0 Å². The lowest BCUT2D eigenvalue weighted by molar-refractivity contribution is -0.139. The van der Waals surface area contributed by atoms with Crippen LogP contribution in [0.25, 0.3) is 5.78 Å². The predicted molar refractivity (Wildman–Crippen MR) is 96.4 cm³/mol. The summed E-state index contributed by atoms with van der Waals surface area (Å²) >= 11 is 0. The molecule has 0 atom stereocenters. The highest BCUT2D eigenvalue weighted by atomic mass is 16.5. The van der Waals surface area contributed by atoms with Gasteiger partial charge in [0.15, 0.2) is 0 Å². The molecule has 142 valence electrons.